The highest BCUT2D eigenvalue weighted by molar-refractivity contribution is 5.90. The van der Waals surface area contributed by atoms with E-state index in [2.05, 4.69) is 10.5 Å². The van der Waals surface area contributed by atoms with E-state index in [0.717, 1.165) is 16.7 Å². The number of benzene rings is 1. The maximum atomic E-state index is 14.8. The number of rotatable bonds is 8. The fourth-order valence-corrected chi connectivity index (χ4v) is 4.29. The second-order valence-electron chi connectivity index (χ2n) is 9.91. The van der Waals surface area contributed by atoms with Crippen LogP contribution < -0.4 is 5.32 Å². The van der Waals surface area contributed by atoms with Gasteiger partial charge in [0.25, 0.3) is 0 Å². The van der Waals surface area contributed by atoms with Crippen molar-refractivity contribution in [3.8, 4) is 0 Å². The number of nitrogens with one attached hydrogen (secondary N) is 1. The van der Waals surface area contributed by atoms with Crippen molar-refractivity contribution < 1.29 is 37.5 Å². The number of halogens is 2. The molecule has 39 heavy (non-hydrogen) atoms. The zero-order valence-electron chi connectivity index (χ0n) is 22.1. The summed E-state index contributed by atoms with van der Waals surface area (Å²) < 4.78 is 45.7. The van der Waals surface area contributed by atoms with Gasteiger partial charge in [0.1, 0.15) is 17.5 Å². The predicted molar refractivity (Wildman–Crippen MR) is 140 cm³/mol. The maximum absolute atomic E-state index is 14.8. The van der Waals surface area contributed by atoms with Crippen LogP contribution in [0, 0.1) is 6.92 Å². The molecule has 0 saturated carbocycles. The smallest absolute Gasteiger partial charge is 0.412 e. The van der Waals surface area contributed by atoms with Gasteiger partial charge in [0, 0.05) is 12.0 Å². The van der Waals surface area contributed by atoms with E-state index in [1.807, 2.05) is 30.3 Å². The Morgan fingerprint density at radius 1 is 1.15 bits per heavy atom. The number of amides is 1. The third kappa shape index (κ3) is 6.27. The highest BCUT2D eigenvalue weighted by Crippen LogP contribution is 2.39. The first-order valence-electron chi connectivity index (χ1n) is 12.5. The van der Waals surface area contributed by atoms with Crippen molar-refractivity contribution in [3.63, 3.8) is 0 Å². The molecule has 0 radical (unpaired) electrons. The van der Waals surface area contributed by atoms with Gasteiger partial charge in [-0.3, -0.25) is 5.32 Å². The number of aromatic nitrogens is 1. The highest BCUT2D eigenvalue weighted by Gasteiger charge is 2.36. The van der Waals surface area contributed by atoms with Crippen molar-refractivity contribution >= 4 is 23.3 Å². The molecule has 1 aromatic carbocycles. The van der Waals surface area contributed by atoms with E-state index < -0.39 is 41.5 Å². The Labute approximate surface area is 224 Å². The van der Waals surface area contributed by atoms with Gasteiger partial charge < -0.3 is 19.1 Å². The number of ether oxygens (including phenoxy) is 2. The second kappa shape index (κ2) is 11.3. The summed E-state index contributed by atoms with van der Waals surface area (Å²) in [4.78, 5) is 23.9. The maximum Gasteiger partial charge on any atom is 0.412 e. The van der Waals surface area contributed by atoms with Crippen LogP contribution >= 0.6 is 0 Å². The number of anilines is 1. The molecule has 2 aliphatic carbocycles. The zero-order valence-corrected chi connectivity index (χ0v) is 22.1. The number of nitrogens with zero attached hydrogens (tertiary/aromatic N) is 1. The Kier molecular flexibility index (Phi) is 8.03. The summed E-state index contributed by atoms with van der Waals surface area (Å²) in [5.41, 5.74) is 1.89. The third-order valence-electron chi connectivity index (χ3n) is 6.60. The molecular formula is C29H30F2N2O6. The zero-order chi connectivity index (χ0) is 28.3. The molecule has 2 N–H and O–H groups in total. The van der Waals surface area contributed by atoms with Crippen LogP contribution in [0.15, 0.2) is 75.8 Å². The Bertz CT molecular complexity index is 1390. The molecular weight excluding hydrogens is 510 g/mol. The molecule has 2 aromatic rings. The fraction of sp³-hybridized carbons (Fsp3) is 0.345. The standard InChI is InChI=1S/C29H30F2N2O6/c1-16-24(32-28(36)37-17(2)18-8-6-5-7-9-18)25(39-33-16)20-12-10-19(11-13-20)21-14-22(30)26(23(31)15-21)38-29(3,4)27(34)35/h5-10,12,14,17,23H,11,13,15H2,1-4H3,(H,32,36)(H,34,35)/t17-,23?/m1/s1. The first kappa shape index (κ1) is 27.8. The lowest BCUT2D eigenvalue weighted by Crippen LogP contribution is -2.36. The van der Waals surface area contributed by atoms with Gasteiger partial charge in [-0.2, -0.15) is 0 Å². The monoisotopic (exact) mass is 540 g/mol. The molecule has 1 aromatic heterocycles. The normalized spacial score (nSPS) is 18.5. The van der Waals surface area contributed by atoms with Crippen molar-refractivity contribution in [2.24, 2.45) is 0 Å². The largest absolute Gasteiger partial charge is 0.478 e. The van der Waals surface area contributed by atoms with E-state index in [1.165, 1.54) is 19.9 Å². The summed E-state index contributed by atoms with van der Waals surface area (Å²) in [7, 11) is 0. The number of carbonyl (C=O) groups is 2. The van der Waals surface area contributed by atoms with Gasteiger partial charge in [-0.1, -0.05) is 47.6 Å². The number of aryl methyl sites for hydroxylation is 1. The molecule has 0 saturated heterocycles. The molecule has 4 rings (SSSR count). The molecule has 1 heterocycles. The Morgan fingerprint density at radius 2 is 1.82 bits per heavy atom. The average molecular weight is 541 g/mol. The van der Waals surface area contributed by atoms with Crippen LogP contribution in [0.3, 0.4) is 0 Å². The summed E-state index contributed by atoms with van der Waals surface area (Å²) in [5, 5.41) is 15.9. The fourth-order valence-electron chi connectivity index (χ4n) is 4.29. The van der Waals surface area contributed by atoms with Gasteiger partial charge >= 0.3 is 12.1 Å². The summed E-state index contributed by atoms with van der Waals surface area (Å²) in [5.74, 6) is -2.49. The number of hydrogen-bond donors (Lipinski definition) is 2. The average Bonchev–Trinajstić information content (AvgIpc) is 3.26. The van der Waals surface area contributed by atoms with E-state index >= 15 is 0 Å². The van der Waals surface area contributed by atoms with Crippen LogP contribution in [0.25, 0.3) is 5.57 Å². The number of aliphatic carboxylic acids is 1. The molecule has 1 unspecified atom stereocenters. The number of carboxylic acids is 1. The van der Waals surface area contributed by atoms with Crippen molar-refractivity contribution in [2.75, 3.05) is 5.32 Å². The topological polar surface area (TPSA) is 111 Å². The summed E-state index contributed by atoms with van der Waals surface area (Å²) in [6.07, 6.45) is 2.55. The van der Waals surface area contributed by atoms with Crippen LogP contribution in [0.1, 0.15) is 63.2 Å². The molecule has 8 nitrogen and oxygen atoms in total. The van der Waals surface area contributed by atoms with Crippen LogP contribution in [-0.2, 0) is 14.3 Å². The molecule has 10 heteroatoms. The lowest BCUT2D eigenvalue weighted by molar-refractivity contribution is -0.158. The van der Waals surface area contributed by atoms with Gasteiger partial charge in [0.2, 0.25) is 0 Å². The minimum atomic E-state index is -1.81. The van der Waals surface area contributed by atoms with Gasteiger partial charge in [0.05, 0.1) is 0 Å². The first-order valence-corrected chi connectivity index (χ1v) is 12.5. The first-order chi connectivity index (χ1) is 18.5. The number of hydrogen-bond acceptors (Lipinski definition) is 6. The van der Waals surface area contributed by atoms with Crippen LogP contribution in [-0.4, -0.2) is 34.1 Å². The van der Waals surface area contributed by atoms with E-state index in [4.69, 9.17) is 14.0 Å². The van der Waals surface area contributed by atoms with E-state index in [1.54, 1.807) is 26.0 Å². The van der Waals surface area contributed by atoms with Crippen molar-refractivity contribution in [2.45, 2.75) is 64.8 Å². The highest BCUT2D eigenvalue weighted by atomic mass is 19.1. The Balaban J connectivity index is 1.49. The number of carboxylic acid groups (broad SMARTS) is 1. The molecule has 1 amide bonds. The minimum absolute atomic E-state index is 0.146. The number of allylic oxidation sites excluding steroid dienone is 8. The van der Waals surface area contributed by atoms with E-state index in [0.29, 0.717) is 35.6 Å². The Hall–Kier alpha value is -4.21. The number of carbonyl (C=O) groups excluding carboxylic acids is 1. The second-order valence-corrected chi connectivity index (χ2v) is 9.91. The van der Waals surface area contributed by atoms with Crippen LogP contribution in [0.4, 0.5) is 19.3 Å². The molecule has 0 spiro atoms. The molecule has 2 atom stereocenters. The minimum Gasteiger partial charge on any atom is -0.478 e. The summed E-state index contributed by atoms with van der Waals surface area (Å²) >= 11 is 0. The van der Waals surface area contributed by atoms with Crippen molar-refractivity contribution in [3.05, 3.63) is 88.3 Å². The molecule has 0 aliphatic heterocycles. The SMILES string of the molecule is Cc1noc(C2=CC=C(C3=CC(F)=C(OC(C)(C)C(=O)O)C(F)C3)CC2)c1NC(=O)O[C@H](C)c1ccccc1. The molecule has 2 aliphatic rings. The Morgan fingerprint density at radius 3 is 2.44 bits per heavy atom. The van der Waals surface area contributed by atoms with Gasteiger partial charge in [-0.25, -0.2) is 18.4 Å². The lowest BCUT2D eigenvalue weighted by atomic mass is 9.87. The predicted octanol–water partition coefficient (Wildman–Crippen LogP) is 7.13. The molecule has 0 fully saturated rings. The van der Waals surface area contributed by atoms with Crippen LogP contribution in [0.5, 0.6) is 0 Å². The third-order valence-corrected chi connectivity index (χ3v) is 6.60. The van der Waals surface area contributed by atoms with E-state index in [-0.39, 0.29) is 6.42 Å². The van der Waals surface area contributed by atoms with E-state index in [9.17, 15) is 23.5 Å². The van der Waals surface area contributed by atoms with Crippen LogP contribution in [0.2, 0.25) is 0 Å². The van der Waals surface area contributed by atoms with Crippen molar-refractivity contribution in [1.29, 1.82) is 0 Å². The summed E-state index contributed by atoms with van der Waals surface area (Å²) in [6.45, 7) is 5.93. The van der Waals surface area contributed by atoms with Gasteiger partial charge in [-0.05, 0) is 63.3 Å². The molecule has 206 valence electrons. The number of alkyl halides is 1. The summed E-state index contributed by atoms with van der Waals surface area (Å²) in [6, 6.07) is 9.33. The van der Waals surface area contributed by atoms with Gasteiger partial charge in [-0.15, -0.1) is 0 Å². The lowest BCUT2D eigenvalue weighted by Gasteiger charge is -2.28. The van der Waals surface area contributed by atoms with Gasteiger partial charge in [0.15, 0.2) is 29.1 Å². The molecule has 0 bridgehead atoms. The quantitative estimate of drug-likeness (QED) is 0.367. The van der Waals surface area contributed by atoms with Crippen molar-refractivity contribution in [1.82, 2.24) is 5.16 Å².